The van der Waals surface area contributed by atoms with Gasteiger partial charge in [0.1, 0.15) is 6.61 Å². The Labute approximate surface area is 196 Å². The van der Waals surface area contributed by atoms with Crippen LogP contribution in [-0.2, 0) is 25.7 Å². The van der Waals surface area contributed by atoms with Crippen LogP contribution in [0.5, 0.6) is 0 Å². The molecule has 182 valence electrons. The molecular weight excluding hydrogens is 400 g/mol. The maximum absolute atomic E-state index is 11.8. The molecule has 0 aliphatic heterocycles. The lowest BCUT2D eigenvalue weighted by molar-refractivity contribution is -0.146. The number of benzene rings is 1. The van der Waals surface area contributed by atoms with E-state index in [-0.39, 0.29) is 31.4 Å². The van der Waals surface area contributed by atoms with Crippen molar-refractivity contribution in [2.45, 2.75) is 123 Å². The molecule has 1 rings (SSSR count). The van der Waals surface area contributed by atoms with Crippen molar-refractivity contribution in [3.8, 4) is 0 Å². The summed E-state index contributed by atoms with van der Waals surface area (Å²) in [4.78, 5) is 23.6. The maximum atomic E-state index is 11.8. The second-order valence-corrected chi connectivity index (χ2v) is 8.96. The number of carbonyl (C=O) groups excluding carboxylic acids is 2. The Bertz CT molecular complexity index is 594. The van der Waals surface area contributed by atoms with Crippen molar-refractivity contribution < 1.29 is 19.1 Å². The molecule has 0 aliphatic carbocycles. The van der Waals surface area contributed by atoms with Crippen LogP contribution < -0.4 is 0 Å². The molecule has 0 saturated heterocycles. The molecule has 0 spiro atoms. The lowest BCUT2D eigenvalue weighted by Crippen LogP contribution is -2.09. The second-order valence-electron chi connectivity index (χ2n) is 8.96. The van der Waals surface area contributed by atoms with Gasteiger partial charge in [-0.2, -0.15) is 0 Å². The van der Waals surface area contributed by atoms with E-state index in [1.807, 2.05) is 31.2 Å². The number of rotatable bonds is 20. The highest BCUT2D eigenvalue weighted by Crippen LogP contribution is 2.12. The molecule has 1 aromatic carbocycles. The summed E-state index contributed by atoms with van der Waals surface area (Å²) in [5.74, 6) is -0.481. The van der Waals surface area contributed by atoms with Gasteiger partial charge >= 0.3 is 11.9 Å². The summed E-state index contributed by atoms with van der Waals surface area (Å²) < 4.78 is 10.5. The standard InChI is InChI=1S/C28H46O4/c1-3-4-5-6-7-8-9-10-11-12-13-14-15-23-31-27(29)17-16-18-28(30)32-24-26-21-19-25(2)20-22-26/h19-22H,3-18,23-24H2,1-2H3. The smallest absolute Gasteiger partial charge is 0.306 e. The number of ether oxygens (including phenoxy) is 2. The lowest BCUT2D eigenvalue weighted by Gasteiger charge is -2.06. The van der Waals surface area contributed by atoms with Gasteiger partial charge < -0.3 is 9.47 Å². The molecule has 0 unspecified atom stereocenters. The van der Waals surface area contributed by atoms with Gasteiger partial charge in [-0.15, -0.1) is 0 Å². The molecule has 0 aromatic heterocycles. The van der Waals surface area contributed by atoms with Gasteiger partial charge in [-0.25, -0.2) is 0 Å². The largest absolute Gasteiger partial charge is 0.466 e. The quantitative estimate of drug-likeness (QED) is 0.151. The zero-order valence-electron chi connectivity index (χ0n) is 20.7. The van der Waals surface area contributed by atoms with Gasteiger partial charge in [0.25, 0.3) is 0 Å². The summed E-state index contributed by atoms with van der Waals surface area (Å²) >= 11 is 0. The normalized spacial score (nSPS) is 10.8. The molecule has 0 N–H and O–H groups in total. The zero-order valence-corrected chi connectivity index (χ0v) is 20.7. The molecule has 0 atom stereocenters. The van der Waals surface area contributed by atoms with Crippen LogP contribution in [0.25, 0.3) is 0 Å². The van der Waals surface area contributed by atoms with Crippen LogP contribution in [0.15, 0.2) is 24.3 Å². The van der Waals surface area contributed by atoms with E-state index in [1.54, 1.807) is 0 Å². The Morgan fingerprint density at radius 2 is 1.09 bits per heavy atom. The van der Waals surface area contributed by atoms with Crippen molar-refractivity contribution in [2.24, 2.45) is 0 Å². The predicted molar refractivity (Wildman–Crippen MR) is 131 cm³/mol. The molecule has 0 saturated carbocycles. The Hall–Kier alpha value is -1.84. The highest BCUT2D eigenvalue weighted by molar-refractivity contribution is 5.72. The van der Waals surface area contributed by atoms with E-state index in [4.69, 9.17) is 9.47 Å². The lowest BCUT2D eigenvalue weighted by atomic mass is 10.0. The number of aryl methyl sites for hydroxylation is 1. The van der Waals surface area contributed by atoms with Gasteiger partial charge in [0, 0.05) is 12.8 Å². The summed E-state index contributed by atoms with van der Waals surface area (Å²) in [7, 11) is 0. The first kappa shape index (κ1) is 28.2. The summed E-state index contributed by atoms with van der Waals surface area (Å²) in [6.07, 6.45) is 17.9. The van der Waals surface area contributed by atoms with E-state index in [2.05, 4.69) is 6.92 Å². The van der Waals surface area contributed by atoms with Crippen molar-refractivity contribution >= 4 is 11.9 Å². The van der Waals surface area contributed by atoms with Crippen LogP contribution in [0.3, 0.4) is 0 Å². The Balaban J connectivity index is 1.84. The number of carbonyl (C=O) groups is 2. The third-order valence-electron chi connectivity index (χ3n) is 5.79. The number of unbranched alkanes of at least 4 members (excludes halogenated alkanes) is 12. The molecule has 32 heavy (non-hydrogen) atoms. The minimum Gasteiger partial charge on any atom is -0.466 e. The van der Waals surface area contributed by atoms with Gasteiger partial charge in [-0.1, -0.05) is 114 Å². The van der Waals surface area contributed by atoms with Crippen LogP contribution in [-0.4, -0.2) is 18.5 Å². The topological polar surface area (TPSA) is 52.6 Å². The van der Waals surface area contributed by atoms with E-state index in [0.29, 0.717) is 13.0 Å². The van der Waals surface area contributed by atoms with Crippen LogP contribution in [0, 0.1) is 6.92 Å². The summed E-state index contributed by atoms with van der Waals surface area (Å²) in [5.41, 5.74) is 2.15. The van der Waals surface area contributed by atoms with Crippen LogP contribution in [0.4, 0.5) is 0 Å². The highest BCUT2D eigenvalue weighted by atomic mass is 16.5. The molecule has 4 nitrogen and oxygen atoms in total. The van der Waals surface area contributed by atoms with Gasteiger partial charge in [0.15, 0.2) is 0 Å². The van der Waals surface area contributed by atoms with Crippen molar-refractivity contribution in [1.29, 1.82) is 0 Å². The Kier molecular flexibility index (Phi) is 17.5. The highest BCUT2D eigenvalue weighted by Gasteiger charge is 2.07. The fraction of sp³-hybridized carbons (Fsp3) is 0.714. The first-order chi connectivity index (χ1) is 15.6. The third kappa shape index (κ3) is 16.8. The Morgan fingerprint density at radius 1 is 0.625 bits per heavy atom. The molecule has 0 radical (unpaired) electrons. The molecule has 0 amide bonds. The third-order valence-corrected chi connectivity index (χ3v) is 5.79. The minimum atomic E-state index is -0.269. The number of esters is 2. The van der Waals surface area contributed by atoms with Gasteiger partial charge in [-0.3, -0.25) is 9.59 Å². The SMILES string of the molecule is CCCCCCCCCCCCCCCOC(=O)CCCC(=O)OCc1ccc(C)cc1. The van der Waals surface area contributed by atoms with Crippen LogP contribution in [0.1, 0.15) is 121 Å². The van der Waals surface area contributed by atoms with Crippen molar-refractivity contribution in [2.75, 3.05) is 6.61 Å². The molecule has 0 aliphatic rings. The summed E-state index contributed by atoms with van der Waals surface area (Å²) in [6, 6.07) is 7.90. The first-order valence-electron chi connectivity index (χ1n) is 13.0. The average Bonchev–Trinajstić information content (AvgIpc) is 2.79. The van der Waals surface area contributed by atoms with E-state index < -0.39 is 0 Å². The van der Waals surface area contributed by atoms with Gasteiger partial charge in [0.2, 0.25) is 0 Å². The predicted octanol–water partition coefficient (Wildman–Crippen LogP) is 7.84. The minimum absolute atomic E-state index is 0.213. The zero-order chi connectivity index (χ0) is 23.3. The monoisotopic (exact) mass is 446 g/mol. The molecule has 4 heteroatoms. The number of hydrogen-bond donors (Lipinski definition) is 0. The number of hydrogen-bond acceptors (Lipinski definition) is 4. The Morgan fingerprint density at radius 3 is 1.62 bits per heavy atom. The van der Waals surface area contributed by atoms with E-state index in [0.717, 1.165) is 18.4 Å². The van der Waals surface area contributed by atoms with Crippen LogP contribution in [0.2, 0.25) is 0 Å². The molecular formula is C28H46O4. The van der Waals surface area contributed by atoms with Crippen molar-refractivity contribution in [1.82, 2.24) is 0 Å². The van der Waals surface area contributed by atoms with Crippen molar-refractivity contribution in [3.63, 3.8) is 0 Å². The van der Waals surface area contributed by atoms with Gasteiger partial charge in [0.05, 0.1) is 6.61 Å². The fourth-order valence-electron chi connectivity index (χ4n) is 3.68. The summed E-state index contributed by atoms with van der Waals surface area (Å²) in [6.45, 7) is 5.06. The molecule has 0 fully saturated rings. The van der Waals surface area contributed by atoms with Crippen molar-refractivity contribution in [3.05, 3.63) is 35.4 Å². The molecule has 0 bridgehead atoms. The van der Waals surface area contributed by atoms with E-state index in [1.165, 1.54) is 76.2 Å². The van der Waals surface area contributed by atoms with Gasteiger partial charge in [-0.05, 0) is 25.3 Å². The maximum Gasteiger partial charge on any atom is 0.306 e. The molecule has 1 aromatic rings. The molecule has 0 heterocycles. The van der Waals surface area contributed by atoms with E-state index >= 15 is 0 Å². The average molecular weight is 447 g/mol. The van der Waals surface area contributed by atoms with E-state index in [9.17, 15) is 9.59 Å². The first-order valence-corrected chi connectivity index (χ1v) is 13.0. The fourth-order valence-corrected chi connectivity index (χ4v) is 3.68. The van der Waals surface area contributed by atoms with Crippen LogP contribution >= 0.6 is 0 Å². The summed E-state index contributed by atoms with van der Waals surface area (Å²) in [5, 5.41) is 0. The second kappa shape index (κ2) is 19.8.